The Kier molecular flexibility index (Phi) is 6.39. The van der Waals surface area contributed by atoms with Gasteiger partial charge in [0.1, 0.15) is 23.8 Å². The zero-order valence-electron chi connectivity index (χ0n) is 19.6. The van der Waals surface area contributed by atoms with Crippen molar-refractivity contribution in [2.45, 2.75) is 43.6 Å². The molecule has 37 heavy (non-hydrogen) atoms. The monoisotopic (exact) mass is 553 g/mol. The standard InChI is InChI=1S/C29H22Cl3NO4/c30-23-2-1-3-24(31)26(23)27-22(28(37-33-27)16-6-7-16)14-36-18-10-11-19(25(32)12-18)21-13-20(21)15-4-8-17(9-5-15)29(34)35/h1-5,8-12,16,20-21H,6-7,13-14H2,(H,34,35)/t20-,21+/m1/s1. The van der Waals surface area contributed by atoms with Gasteiger partial charge in [-0.3, -0.25) is 0 Å². The minimum atomic E-state index is -0.921. The van der Waals surface area contributed by atoms with Crippen molar-refractivity contribution in [2.24, 2.45) is 0 Å². The number of benzene rings is 3. The van der Waals surface area contributed by atoms with E-state index in [4.69, 9.17) is 49.2 Å². The topological polar surface area (TPSA) is 72.6 Å². The SMILES string of the molecule is O=C(O)c1ccc([C@H]2C[C@H]2c2ccc(OCc3c(-c4c(Cl)cccc4Cl)noc3C3CC3)cc2Cl)cc1. The Bertz CT molecular complexity index is 1470. The minimum absolute atomic E-state index is 0.254. The molecule has 2 fully saturated rings. The number of ether oxygens (including phenoxy) is 1. The predicted octanol–water partition coefficient (Wildman–Crippen LogP) is 8.73. The van der Waals surface area contributed by atoms with Gasteiger partial charge < -0.3 is 14.4 Å². The van der Waals surface area contributed by atoms with Crippen molar-refractivity contribution in [2.75, 3.05) is 0 Å². The normalized spacial score (nSPS) is 18.6. The van der Waals surface area contributed by atoms with Crippen LogP contribution in [0.1, 0.15) is 69.8 Å². The lowest BCUT2D eigenvalue weighted by Gasteiger charge is -2.11. The van der Waals surface area contributed by atoms with Crippen LogP contribution in [0.3, 0.4) is 0 Å². The third kappa shape index (κ3) is 4.84. The van der Waals surface area contributed by atoms with Gasteiger partial charge in [0.05, 0.1) is 21.2 Å². The summed E-state index contributed by atoms with van der Waals surface area (Å²) in [5.41, 5.74) is 4.58. The molecule has 2 saturated carbocycles. The predicted molar refractivity (Wildman–Crippen MR) is 143 cm³/mol. The van der Waals surface area contributed by atoms with Crippen molar-refractivity contribution in [3.05, 3.63) is 104 Å². The van der Waals surface area contributed by atoms with E-state index >= 15 is 0 Å². The van der Waals surface area contributed by atoms with Crippen LogP contribution in [0.2, 0.25) is 15.1 Å². The van der Waals surface area contributed by atoms with Crippen LogP contribution in [0, 0.1) is 0 Å². The first-order chi connectivity index (χ1) is 17.9. The average molecular weight is 555 g/mol. The number of aromatic nitrogens is 1. The molecule has 2 aliphatic carbocycles. The van der Waals surface area contributed by atoms with E-state index in [0.29, 0.717) is 49.8 Å². The zero-order valence-corrected chi connectivity index (χ0v) is 21.9. The van der Waals surface area contributed by atoms with Gasteiger partial charge in [0.25, 0.3) is 0 Å². The lowest BCUT2D eigenvalue weighted by atomic mass is 10.0. The molecule has 2 aliphatic rings. The molecule has 1 aromatic heterocycles. The van der Waals surface area contributed by atoms with Gasteiger partial charge in [-0.1, -0.05) is 64.2 Å². The fraction of sp³-hybridized carbons (Fsp3) is 0.241. The second-order valence-corrected chi connectivity index (χ2v) is 10.8. The fourth-order valence-corrected chi connectivity index (χ4v) is 5.77. The molecule has 6 rings (SSSR count). The highest BCUT2D eigenvalue weighted by molar-refractivity contribution is 6.39. The molecule has 5 nitrogen and oxygen atoms in total. The van der Waals surface area contributed by atoms with Crippen LogP contribution in [-0.4, -0.2) is 16.2 Å². The summed E-state index contributed by atoms with van der Waals surface area (Å²) < 4.78 is 11.9. The molecule has 2 atom stereocenters. The van der Waals surface area contributed by atoms with Gasteiger partial charge in [-0.05, 0) is 78.6 Å². The van der Waals surface area contributed by atoms with Crippen LogP contribution in [0.4, 0.5) is 0 Å². The molecule has 3 aromatic carbocycles. The van der Waals surface area contributed by atoms with Crippen LogP contribution < -0.4 is 4.74 Å². The number of carbonyl (C=O) groups is 1. The van der Waals surface area contributed by atoms with Crippen LogP contribution in [-0.2, 0) is 6.61 Å². The van der Waals surface area contributed by atoms with Crippen molar-refractivity contribution in [3.8, 4) is 17.0 Å². The third-order valence-electron chi connectivity index (χ3n) is 7.10. The zero-order chi connectivity index (χ0) is 25.7. The smallest absolute Gasteiger partial charge is 0.335 e. The first-order valence-electron chi connectivity index (χ1n) is 12.1. The molecule has 4 aromatic rings. The molecule has 0 aliphatic heterocycles. The Balaban J connectivity index is 1.19. The summed E-state index contributed by atoms with van der Waals surface area (Å²) in [7, 11) is 0. The summed E-state index contributed by atoms with van der Waals surface area (Å²) in [5, 5.41) is 15.1. The molecule has 1 N–H and O–H groups in total. The summed E-state index contributed by atoms with van der Waals surface area (Å²) in [6.45, 7) is 0.254. The summed E-state index contributed by atoms with van der Waals surface area (Å²) in [6, 6.07) is 18.2. The molecular formula is C29H22Cl3NO4. The Morgan fingerprint density at radius 2 is 1.70 bits per heavy atom. The maximum Gasteiger partial charge on any atom is 0.335 e. The van der Waals surface area contributed by atoms with Crippen molar-refractivity contribution >= 4 is 40.8 Å². The van der Waals surface area contributed by atoms with Crippen LogP contribution in [0.5, 0.6) is 5.75 Å². The van der Waals surface area contributed by atoms with Gasteiger partial charge >= 0.3 is 5.97 Å². The van der Waals surface area contributed by atoms with Crippen LogP contribution >= 0.6 is 34.8 Å². The van der Waals surface area contributed by atoms with Gasteiger partial charge in [-0.2, -0.15) is 0 Å². The molecule has 0 spiro atoms. The number of carboxylic acid groups (broad SMARTS) is 1. The van der Waals surface area contributed by atoms with Crippen molar-refractivity contribution in [1.82, 2.24) is 5.16 Å². The number of rotatable bonds is 8. The van der Waals surface area contributed by atoms with Crippen molar-refractivity contribution in [3.63, 3.8) is 0 Å². The average Bonchev–Trinajstić information content (AvgIpc) is 3.81. The first-order valence-corrected chi connectivity index (χ1v) is 13.2. The van der Waals surface area contributed by atoms with Crippen molar-refractivity contribution < 1.29 is 19.2 Å². The van der Waals surface area contributed by atoms with E-state index in [1.807, 2.05) is 30.3 Å². The van der Waals surface area contributed by atoms with E-state index in [-0.39, 0.29) is 12.2 Å². The number of halogens is 3. The molecule has 0 amide bonds. The number of carboxylic acids is 1. The maximum atomic E-state index is 11.1. The molecule has 0 saturated heterocycles. The van der Waals surface area contributed by atoms with Crippen LogP contribution in [0.15, 0.2) is 65.2 Å². The highest BCUT2D eigenvalue weighted by atomic mass is 35.5. The number of nitrogens with zero attached hydrogens (tertiary/aromatic N) is 1. The molecular weight excluding hydrogens is 533 g/mol. The Hall–Kier alpha value is -2.99. The lowest BCUT2D eigenvalue weighted by molar-refractivity contribution is 0.0697. The second kappa shape index (κ2) is 9.71. The molecule has 8 heteroatoms. The summed E-state index contributed by atoms with van der Waals surface area (Å²) in [6.07, 6.45) is 3.08. The summed E-state index contributed by atoms with van der Waals surface area (Å²) in [5.74, 6) is 1.51. The first kappa shape index (κ1) is 24.4. The van der Waals surface area contributed by atoms with Crippen molar-refractivity contribution in [1.29, 1.82) is 0 Å². The minimum Gasteiger partial charge on any atom is -0.489 e. The highest BCUT2D eigenvalue weighted by Crippen LogP contribution is 2.56. The summed E-state index contributed by atoms with van der Waals surface area (Å²) in [4.78, 5) is 11.1. The second-order valence-electron chi connectivity index (χ2n) is 9.59. The number of hydrogen-bond donors (Lipinski definition) is 1. The van der Waals surface area contributed by atoms with Gasteiger partial charge in [-0.15, -0.1) is 0 Å². The van der Waals surface area contributed by atoms with Gasteiger partial charge in [-0.25, -0.2) is 4.79 Å². The van der Waals surface area contributed by atoms with Gasteiger partial charge in [0.15, 0.2) is 0 Å². The summed E-state index contributed by atoms with van der Waals surface area (Å²) >= 11 is 19.6. The fourth-order valence-electron chi connectivity index (χ4n) is 4.88. The number of aromatic carboxylic acids is 1. The van der Waals surface area contributed by atoms with E-state index in [0.717, 1.165) is 41.7 Å². The molecule has 1 heterocycles. The molecule has 188 valence electrons. The Morgan fingerprint density at radius 3 is 2.35 bits per heavy atom. The van der Waals surface area contributed by atoms with Gasteiger partial charge in [0, 0.05) is 16.5 Å². The molecule has 0 bridgehead atoms. The van der Waals surface area contributed by atoms with E-state index in [1.54, 1.807) is 30.3 Å². The van der Waals surface area contributed by atoms with E-state index in [9.17, 15) is 4.79 Å². The molecule has 0 radical (unpaired) electrons. The Morgan fingerprint density at radius 1 is 0.973 bits per heavy atom. The lowest BCUT2D eigenvalue weighted by Crippen LogP contribution is -2.00. The quantitative estimate of drug-likeness (QED) is 0.236. The number of hydrogen-bond acceptors (Lipinski definition) is 4. The van der Waals surface area contributed by atoms with E-state index in [2.05, 4.69) is 5.16 Å². The van der Waals surface area contributed by atoms with Crippen LogP contribution in [0.25, 0.3) is 11.3 Å². The third-order valence-corrected chi connectivity index (χ3v) is 8.05. The maximum absolute atomic E-state index is 11.1. The Labute approximate surface area is 228 Å². The largest absolute Gasteiger partial charge is 0.489 e. The molecule has 0 unspecified atom stereocenters. The van der Waals surface area contributed by atoms with Gasteiger partial charge in [0.2, 0.25) is 0 Å². The van der Waals surface area contributed by atoms with E-state index < -0.39 is 5.97 Å². The highest BCUT2D eigenvalue weighted by Gasteiger charge is 2.40. The van der Waals surface area contributed by atoms with E-state index in [1.165, 1.54) is 0 Å².